The van der Waals surface area contributed by atoms with Gasteiger partial charge in [-0.1, -0.05) is 78.3 Å². The normalized spacial score (nSPS) is 11.5. The van der Waals surface area contributed by atoms with Crippen LogP contribution in [0.5, 0.6) is 0 Å². The van der Waals surface area contributed by atoms with Crippen molar-refractivity contribution in [3.05, 3.63) is 96.1 Å². The van der Waals surface area contributed by atoms with Crippen LogP contribution in [0.2, 0.25) is 5.15 Å². The molecule has 0 bridgehead atoms. The molecule has 0 saturated heterocycles. The summed E-state index contributed by atoms with van der Waals surface area (Å²) in [6.45, 7) is 0. The zero-order valence-corrected chi connectivity index (χ0v) is 17.4. The first-order valence-electron chi connectivity index (χ1n) is 9.71. The highest BCUT2D eigenvalue weighted by atomic mass is 35.5. The molecule has 0 aliphatic rings. The predicted molar refractivity (Wildman–Crippen MR) is 128 cm³/mol. The minimum absolute atomic E-state index is 0.422. The summed E-state index contributed by atoms with van der Waals surface area (Å²) in [6, 6.07) is 31.3. The molecule has 0 radical (unpaired) electrons. The number of rotatable bonds is 2. The van der Waals surface area contributed by atoms with Gasteiger partial charge in [-0.15, -0.1) is 11.3 Å². The maximum Gasteiger partial charge on any atom is 0.156 e. The van der Waals surface area contributed by atoms with Crippen molar-refractivity contribution in [2.45, 2.75) is 0 Å². The first kappa shape index (κ1) is 17.6. The summed E-state index contributed by atoms with van der Waals surface area (Å²) in [4.78, 5) is 9.32. The van der Waals surface area contributed by atoms with Gasteiger partial charge in [0, 0.05) is 25.7 Å². The molecule has 0 fully saturated rings. The maximum absolute atomic E-state index is 6.51. The van der Waals surface area contributed by atoms with Crippen molar-refractivity contribution in [3.63, 3.8) is 0 Å². The molecule has 4 heteroatoms. The van der Waals surface area contributed by atoms with Gasteiger partial charge in [-0.25, -0.2) is 9.97 Å². The van der Waals surface area contributed by atoms with Crippen LogP contribution >= 0.6 is 22.9 Å². The molecule has 0 saturated carbocycles. The average molecular weight is 423 g/mol. The Labute approximate surface area is 182 Å². The summed E-state index contributed by atoms with van der Waals surface area (Å²) in [5.74, 6) is 0. The zero-order valence-electron chi connectivity index (χ0n) is 15.8. The fraction of sp³-hybridized carbons (Fsp3) is 0. The van der Waals surface area contributed by atoms with E-state index in [1.54, 1.807) is 0 Å². The minimum Gasteiger partial charge on any atom is -0.243 e. The second-order valence-electron chi connectivity index (χ2n) is 7.21. The third kappa shape index (κ3) is 2.78. The van der Waals surface area contributed by atoms with Crippen LogP contribution in [0.15, 0.2) is 91.0 Å². The standard InChI is InChI=1S/C26H15ClN2S/c27-26-24(28-21-12-2-3-13-22(21)29-26)17-8-5-7-16(15-17)18-10-6-11-20-19-9-1-4-14-23(19)30-25(18)20/h1-15H. The summed E-state index contributed by atoms with van der Waals surface area (Å²) in [7, 11) is 0. The fourth-order valence-corrected chi connectivity index (χ4v) is 5.45. The highest BCUT2D eigenvalue weighted by Crippen LogP contribution is 2.40. The van der Waals surface area contributed by atoms with Crippen LogP contribution in [0.4, 0.5) is 0 Å². The van der Waals surface area contributed by atoms with Crippen LogP contribution in [0.3, 0.4) is 0 Å². The Hall–Kier alpha value is -3.27. The van der Waals surface area contributed by atoms with Gasteiger partial charge in [0.25, 0.3) is 0 Å². The second-order valence-corrected chi connectivity index (χ2v) is 8.62. The van der Waals surface area contributed by atoms with E-state index < -0.39 is 0 Å². The number of thiophene rings is 1. The van der Waals surface area contributed by atoms with Gasteiger partial charge in [-0.2, -0.15) is 0 Å². The van der Waals surface area contributed by atoms with Crippen molar-refractivity contribution in [2.75, 3.05) is 0 Å². The summed E-state index contributed by atoms with van der Waals surface area (Å²) in [5.41, 5.74) is 5.69. The van der Waals surface area contributed by atoms with Crippen molar-refractivity contribution in [1.82, 2.24) is 9.97 Å². The number of fused-ring (bicyclic) bond motifs is 4. The summed E-state index contributed by atoms with van der Waals surface area (Å²) in [6.07, 6.45) is 0. The lowest BCUT2D eigenvalue weighted by Crippen LogP contribution is -1.91. The van der Waals surface area contributed by atoms with E-state index in [1.807, 2.05) is 41.7 Å². The molecule has 30 heavy (non-hydrogen) atoms. The van der Waals surface area contributed by atoms with E-state index in [2.05, 4.69) is 65.6 Å². The van der Waals surface area contributed by atoms with Gasteiger partial charge in [-0.3, -0.25) is 0 Å². The Kier molecular flexibility index (Phi) is 4.05. The van der Waals surface area contributed by atoms with Crippen molar-refractivity contribution in [2.24, 2.45) is 0 Å². The van der Waals surface area contributed by atoms with Crippen LogP contribution < -0.4 is 0 Å². The van der Waals surface area contributed by atoms with Gasteiger partial charge in [0.1, 0.15) is 5.69 Å². The second kappa shape index (κ2) is 6.91. The lowest BCUT2D eigenvalue weighted by Gasteiger charge is -2.09. The number of para-hydroxylation sites is 2. The largest absolute Gasteiger partial charge is 0.243 e. The lowest BCUT2D eigenvalue weighted by atomic mass is 10.00. The Morgan fingerprint density at radius 1 is 0.633 bits per heavy atom. The molecule has 4 aromatic carbocycles. The van der Waals surface area contributed by atoms with E-state index >= 15 is 0 Å². The van der Waals surface area contributed by atoms with Crippen molar-refractivity contribution < 1.29 is 0 Å². The third-order valence-electron chi connectivity index (χ3n) is 5.38. The number of hydrogen-bond acceptors (Lipinski definition) is 3. The zero-order chi connectivity index (χ0) is 20.1. The third-order valence-corrected chi connectivity index (χ3v) is 6.86. The van der Waals surface area contributed by atoms with Gasteiger partial charge in [0.2, 0.25) is 0 Å². The topological polar surface area (TPSA) is 25.8 Å². The monoisotopic (exact) mass is 422 g/mol. The fourth-order valence-electron chi connectivity index (χ4n) is 3.97. The average Bonchev–Trinajstić information content (AvgIpc) is 3.17. The molecule has 0 aliphatic carbocycles. The molecule has 0 N–H and O–H groups in total. The first-order chi connectivity index (χ1) is 14.8. The molecule has 0 atom stereocenters. The van der Waals surface area contributed by atoms with Crippen LogP contribution in [-0.4, -0.2) is 9.97 Å². The predicted octanol–water partition coefficient (Wildman–Crippen LogP) is 7.99. The highest BCUT2D eigenvalue weighted by Gasteiger charge is 2.13. The molecule has 0 spiro atoms. The first-order valence-corrected chi connectivity index (χ1v) is 10.9. The quantitative estimate of drug-likeness (QED) is 0.282. The lowest BCUT2D eigenvalue weighted by molar-refractivity contribution is 1.29. The smallest absolute Gasteiger partial charge is 0.156 e. The summed E-state index contributed by atoms with van der Waals surface area (Å²) >= 11 is 8.35. The Morgan fingerprint density at radius 2 is 1.33 bits per heavy atom. The molecule has 0 aliphatic heterocycles. The van der Waals surface area contributed by atoms with E-state index in [-0.39, 0.29) is 0 Å². The van der Waals surface area contributed by atoms with Gasteiger partial charge < -0.3 is 0 Å². The summed E-state index contributed by atoms with van der Waals surface area (Å²) < 4.78 is 2.60. The number of halogens is 1. The van der Waals surface area contributed by atoms with Gasteiger partial charge in [0.05, 0.1) is 11.0 Å². The number of hydrogen-bond donors (Lipinski definition) is 0. The van der Waals surface area contributed by atoms with Crippen LogP contribution in [0.1, 0.15) is 0 Å². The molecule has 0 unspecified atom stereocenters. The molecule has 2 nitrogen and oxygen atoms in total. The number of nitrogens with zero attached hydrogens (tertiary/aromatic N) is 2. The number of benzene rings is 4. The SMILES string of the molecule is Clc1nc2ccccc2nc1-c1cccc(-c2cccc3c2sc2ccccc23)c1. The van der Waals surface area contributed by atoms with Crippen molar-refractivity contribution in [3.8, 4) is 22.4 Å². The van der Waals surface area contributed by atoms with E-state index in [9.17, 15) is 0 Å². The van der Waals surface area contributed by atoms with Crippen LogP contribution in [0, 0.1) is 0 Å². The van der Waals surface area contributed by atoms with E-state index in [4.69, 9.17) is 16.6 Å². The van der Waals surface area contributed by atoms with Crippen molar-refractivity contribution >= 4 is 54.1 Å². The molecular weight excluding hydrogens is 408 g/mol. The van der Waals surface area contributed by atoms with Gasteiger partial charge >= 0.3 is 0 Å². The minimum atomic E-state index is 0.422. The van der Waals surface area contributed by atoms with Crippen molar-refractivity contribution in [1.29, 1.82) is 0 Å². The Balaban J connectivity index is 1.55. The van der Waals surface area contributed by atoms with E-state index in [0.29, 0.717) is 10.8 Å². The maximum atomic E-state index is 6.51. The molecular formula is C26H15ClN2S. The summed E-state index contributed by atoms with van der Waals surface area (Å²) in [5, 5.41) is 3.02. The van der Waals surface area contributed by atoms with Gasteiger partial charge in [0.15, 0.2) is 5.15 Å². The van der Waals surface area contributed by atoms with Crippen LogP contribution in [0.25, 0.3) is 53.6 Å². The molecule has 6 aromatic rings. The Bertz CT molecular complexity index is 1570. The van der Waals surface area contributed by atoms with Crippen LogP contribution in [-0.2, 0) is 0 Å². The van der Waals surface area contributed by atoms with E-state index in [0.717, 1.165) is 22.2 Å². The Morgan fingerprint density at radius 3 is 2.23 bits per heavy atom. The molecule has 2 aromatic heterocycles. The van der Waals surface area contributed by atoms with Gasteiger partial charge in [-0.05, 0) is 35.4 Å². The molecule has 2 heterocycles. The highest BCUT2D eigenvalue weighted by molar-refractivity contribution is 7.26. The molecule has 0 amide bonds. The van der Waals surface area contributed by atoms with E-state index in [1.165, 1.54) is 25.7 Å². The number of aromatic nitrogens is 2. The molecule has 6 rings (SSSR count). The molecule has 142 valence electrons.